The third kappa shape index (κ3) is 2.59. The fourth-order valence-electron chi connectivity index (χ4n) is 3.38. The minimum Gasteiger partial charge on any atom is -0.478 e. The molecule has 2 bridgehead atoms. The van der Waals surface area contributed by atoms with Crippen LogP contribution in [0.3, 0.4) is 0 Å². The Balaban J connectivity index is 1.59. The van der Waals surface area contributed by atoms with E-state index in [4.69, 9.17) is 5.11 Å². The van der Waals surface area contributed by atoms with Gasteiger partial charge in [-0.05, 0) is 37.2 Å². The maximum atomic E-state index is 11.9. The Morgan fingerprint density at radius 3 is 2.75 bits per heavy atom. The van der Waals surface area contributed by atoms with Crippen molar-refractivity contribution in [2.24, 2.45) is 11.8 Å². The molecule has 0 aliphatic heterocycles. The average Bonchev–Trinajstić information content (AvgIpc) is 3.01. The van der Waals surface area contributed by atoms with Crippen LogP contribution in [0.5, 0.6) is 0 Å². The zero-order valence-electron chi connectivity index (χ0n) is 11.0. The number of carboxylic acids is 1. The highest BCUT2D eigenvalue weighted by molar-refractivity contribution is 5.92. The molecule has 2 fully saturated rings. The molecule has 1 heterocycles. The first-order chi connectivity index (χ1) is 9.61. The van der Waals surface area contributed by atoms with Crippen molar-refractivity contribution in [2.45, 2.75) is 31.7 Å². The van der Waals surface area contributed by atoms with Crippen molar-refractivity contribution in [1.29, 1.82) is 0 Å². The van der Waals surface area contributed by atoms with Crippen LogP contribution in [0.1, 0.15) is 36.0 Å². The maximum absolute atomic E-state index is 11.9. The summed E-state index contributed by atoms with van der Waals surface area (Å²) in [7, 11) is 0. The molecule has 3 N–H and O–H groups in total. The Bertz CT molecular complexity index is 546. The molecule has 6 nitrogen and oxygen atoms in total. The normalized spacial score (nSPS) is 27.3. The van der Waals surface area contributed by atoms with Crippen LogP contribution < -0.4 is 10.6 Å². The third-order valence-electron chi connectivity index (χ3n) is 4.30. The van der Waals surface area contributed by atoms with Gasteiger partial charge in [0.1, 0.15) is 0 Å². The number of amides is 2. The summed E-state index contributed by atoms with van der Waals surface area (Å²) >= 11 is 0. The van der Waals surface area contributed by atoms with Crippen LogP contribution in [0, 0.1) is 11.8 Å². The van der Waals surface area contributed by atoms with Crippen molar-refractivity contribution >= 4 is 17.7 Å². The number of aromatic nitrogens is 1. The maximum Gasteiger partial charge on any atom is 0.337 e. The number of urea groups is 1. The summed E-state index contributed by atoms with van der Waals surface area (Å²) in [6, 6.07) is 1.37. The quantitative estimate of drug-likeness (QED) is 0.787. The van der Waals surface area contributed by atoms with Crippen molar-refractivity contribution in [2.75, 3.05) is 5.32 Å². The van der Waals surface area contributed by atoms with E-state index in [2.05, 4.69) is 15.6 Å². The van der Waals surface area contributed by atoms with Crippen LogP contribution in [0.25, 0.3) is 0 Å². The van der Waals surface area contributed by atoms with E-state index in [1.54, 1.807) is 0 Å². The summed E-state index contributed by atoms with van der Waals surface area (Å²) < 4.78 is 0. The van der Waals surface area contributed by atoms with E-state index < -0.39 is 5.97 Å². The lowest BCUT2D eigenvalue weighted by atomic mass is 9.95. The smallest absolute Gasteiger partial charge is 0.337 e. The Hall–Kier alpha value is -2.11. The number of hydrogen-bond acceptors (Lipinski definition) is 3. The van der Waals surface area contributed by atoms with Crippen molar-refractivity contribution in [1.82, 2.24) is 10.3 Å². The number of carbonyl (C=O) groups is 2. The van der Waals surface area contributed by atoms with Crippen LogP contribution in [-0.4, -0.2) is 28.1 Å². The van der Waals surface area contributed by atoms with Gasteiger partial charge in [-0.1, -0.05) is 6.42 Å². The lowest BCUT2D eigenvalue weighted by Gasteiger charge is -2.22. The molecule has 0 aromatic carbocycles. The molecule has 0 saturated heterocycles. The van der Waals surface area contributed by atoms with Crippen LogP contribution >= 0.6 is 0 Å². The number of carboxylic acid groups (broad SMARTS) is 1. The van der Waals surface area contributed by atoms with Gasteiger partial charge in [0.05, 0.1) is 17.4 Å². The molecule has 2 saturated carbocycles. The molecule has 3 rings (SSSR count). The number of hydrogen-bond donors (Lipinski definition) is 3. The van der Waals surface area contributed by atoms with Gasteiger partial charge in [0.15, 0.2) is 0 Å². The number of fused-ring (bicyclic) bond motifs is 2. The van der Waals surface area contributed by atoms with Crippen LogP contribution in [0.2, 0.25) is 0 Å². The number of pyridine rings is 1. The van der Waals surface area contributed by atoms with Gasteiger partial charge in [0.2, 0.25) is 0 Å². The minimum atomic E-state index is -1.06. The van der Waals surface area contributed by atoms with Crippen LogP contribution in [-0.2, 0) is 0 Å². The molecule has 3 atom stereocenters. The molecule has 106 valence electrons. The number of rotatable bonds is 3. The predicted molar refractivity (Wildman–Crippen MR) is 72.6 cm³/mol. The van der Waals surface area contributed by atoms with E-state index in [0.717, 1.165) is 12.3 Å². The molecule has 3 unspecified atom stereocenters. The van der Waals surface area contributed by atoms with Gasteiger partial charge in [-0.25, -0.2) is 9.59 Å². The molecule has 2 amide bonds. The summed E-state index contributed by atoms with van der Waals surface area (Å²) in [6.07, 6.45) is 7.46. The Morgan fingerprint density at radius 2 is 2.10 bits per heavy atom. The zero-order chi connectivity index (χ0) is 14.1. The first kappa shape index (κ1) is 12.9. The number of carbonyl (C=O) groups excluding carboxylic acids is 1. The molecule has 0 spiro atoms. The SMILES string of the molecule is O=C(Nc1cncc(C(=O)O)c1)NC1CC2CCC1C2. The van der Waals surface area contributed by atoms with Crippen molar-refractivity contribution < 1.29 is 14.7 Å². The molecular formula is C14H17N3O3. The molecule has 1 aromatic heterocycles. The van der Waals surface area contributed by atoms with E-state index in [1.165, 1.54) is 37.7 Å². The second kappa shape index (κ2) is 5.11. The van der Waals surface area contributed by atoms with Gasteiger partial charge in [0.25, 0.3) is 0 Å². The number of nitrogens with one attached hydrogen (secondary N) is 2. The third-order valence-corrected chi connectivity index (χ3v) is 4.30. The monoisotopic (exact) mass is 275 g/mol. The van der Waals surface area contributed by atoms with Gasteiger partial charge >= 0.3 is 12.0 Å². The first-order valence-electron chi connectivity index (χ1n) is 6.87. The molecule has 2 aliphatic carbocycles. The summed E-state index contributed by atoms with van der Waals surface area (Å²) in [4.78, 5) is 26.6. The number of anilines is 1. The predicted octanol–water partition coefficient (Wildman–Crippen LogP) is 2.09. The van der Waals surface area contributed by atoms with Gasteiger partial charge < -0.3 is 15.7 Å². The number of aromatic carboxylic acids is 1. The lowest BCUT2D eigenvalue weighted by Crippen LogP contribution is -2.41. The highest BCUT2D eigenvalue weighted by atomic mass is 16.4. The standard InChI is InChI=1S/C14H17N3O3/c18-13(19)10-5-11(7-15-6-10)16-14(20)17-12-4-8-1-2-9(12)3-8/h5-9,12H,1-4H2,(H,18,19)(H2,16,17,20). The van der Waals surface area contributed by atoms with E-state index in [1.807, 2.05) is 0 Å². The summed E-state index contributed by atoms with van der Waals surface area (Å²) in [6.45, 7) is 0. The Kier molecular flexibility index (Phi) is 3.30. The minimum absolute atomic E-state index is 0.0581. The van der Waals surface area contributed by atoms with Crippen molar-refractivity contribution in [3.8, 4) is 0 Å². The molecule has 2 aliphatic rings. The number of nitrogens with zero attached hydrogens (tertiary/aromatic N) is 1. The summed E-state index contributed by atoms with van der Waals surface area (Å²) in [5.74, 6) is 0.311. The molecule has 20 heavy (non-hydrogen) atoms. The summed E-state index contributed by atoms with van der Waals surface area (Å²) in [5, 5.41) is 14.5. The average molecular weight is 275 g/mol. The second-order valence-electron chi connectivity index (χ2n) is 5.65. The zero-order valence-corrected chi connectivity index (χ0v) is 11.0. The van der Waals surface area contributed by atoms with E-state index in [9.17, 15) is 9.59 Å². The van der Waals surface area contributed by atoms with Crippen LogP contribution in [0.15, 0.2) is 18.5 Å². The fraction of sp³-hybridized carbons (Fsp3) is 0.500. The second-order valence-corrected chi connectivity index (χ2v) is 5.65. The van der Waals surface area contributed by atoms with Gasteiger partial charge in [-0.3, -0.25) is 4.98 Å². The largest absolute Gasteiger partial charge is 0.478 e. The lowest BCUT2D eigenvalue weighted by molar-refractivity contribution is 0.0696. The van der Waals surface area contributed by atoms with E-state index in [-0.39, 0.29) is 17.6 Å². The Labute approximate surface area is 116 Å². The molecule has 6 heteroatoms. The van der Waals surface area contributed by atoms with Gasteiger partial charge in [0, 0.05) is 12.2 Å². The van der Waals surface area contributed by atoms with Crippen molar-refractivity contribution in [3.63, 3.8) is 0 Å². The first-order valence-corrected chi connectivity index (χ1v) is 6.87. The van der Waals surface area contributed by atoms with E-state index >= 15 is 0 Å². The van der Waals surface area contributed by atoms with E-state index in [0.29, 0.717) is 11.6 Å². The highest BCUT2D eigenvalue weighted by Crippen LogP contribution is 2.44. The summed E-state index contributed by atoms with van der Waals surface area (Å²) in [5.41, 5.74) is 0.452. The van der Waals surface area contributed by atoms with Crippen LogP contribution in [0.4, 0.5) is 10.5 Å². The molecule has 1 aromatic rings. The topological polar surface area (TPSA) is 91.3 Å². The van der Waals surface area contributed by atoms with Gasteiger partial charge in [-0.15, -0.1) is 0 Å². The molecule has 0 radical (unpaired) electrons. The van der Waals surface area contributed by atoms with Crippen molar-refractivity contribution in [3.05, 3.63) is 24.0 Å². The molecular weight excluding hydrogens is 258 g/mol. The fourth-order valence-corrected chi connectivity index (χ4v) is 3.38. The Morgan fingerprint density at radius 1 is 1.25 bits per heavy atom. The highest BCUT2D eigenvalue weighted by Gasteiger charge is 2.40. The van der Waals surface area contributed by atoms with Gasteiger partial charge in [-0.2, -0.15) is 0 Å².